The number of alkyl halides is 3. The predicted molar refractivity (Wildman–Crippen MR) is 92.2 cm³/mol. The molecule has 0 aromatic rings. The quantitative estimate of drug-likeness (QED) is 0.771. The van der Waals surface area contributed by atoms with E-state index in [9.17, 15) is 23.1 Å². The van der Waals surface area contributed by atoms with Gasteiger partial charge in [-0.15, -0.1) is 0 Å². The van der Waals surface area contributed by atoms with Gasteiger partial charge in [-0.3, -0.25) is 4.79 Å². The molecule has 1 saturated carbocycles. The highest BCUT2D eigenvalue weighted by Crippen LogP contribution is 2.61. The minimum Gasteiger partial charge on any atom is -0.396 e. The number of ketones is 1. The molecular formula is C21H25F3O2. The number of aliphatic hydroxyl groups is 1. The molecule has 0 bridgehead atoms. The van der Waals surface area contributed by atoms with Crippen molar-refractivity contribution >= 4 is 5.78 Å². The van der Waals surface area contributed by atoms with Gasteiger partial charge < -0.3 is 5.11 Å². The van der Waals surface area contributed by atoms with Gasteiger partial charge in [-0.25, -0.2) is 0 Å². The molecule has 4 rings (SSSR count). The van der Waals surface area contributed by atoms with Crippen LogP contribution in [0.3, 0.4) is 0 Å². The summed E-state index contributed by atoms with van der Waals surface area (Å²) < 4.78 is 40.0. The summed E-state index contributed by atoms with van der Waals surface area (Å²) in [4.78, 5) is 11.8. The molecule has 1 unspecified atom stereocenters. The minimum atomic E-state index is -4.20. The minimum absolute atomic E-state index is 0.0313. The SMILES string of the molecule is O=C1C=C2C[C@@H](CC(F)(F)F)[C@@H]3C(=C2CC1)C=CC1(CCO)CCC[C@@H]31. The van der Waals surface area contributed by atoms with Gasteiger partial charge in [0.1, 0.15) is 0 Å². The van der Waals surface area contributed by atoms with Crippen molar-refractivity contribution in [2.45, 2.75) is 57.5 Å². The van der Waals surface area contributed by atoms with E-state index in [1.54, 1.807) is 6.08 Å². The molecule has 4 aliphatic carbocycles. The number of fused-ring (bicyclic) bond motifs is 4. The summed E-state index contributed by atoms with van der Waals surface area (Å²) in [6, 6.07) is 0. The van der Waals surface area contributed by atoms with E-state index in [1.807, 2.05) is 6.08 Å². The molecule has 0 amide bonds. The maximum Gasteiger partial charge on any atom is 0.389 e. The van der Waals surface area contributed by atoms with E-state index < -0.39 is 18.5 Å². The first-order chi connectivity index (χ1) is 12.3. The standard InChI is InChI=1S/C21H25F3O2/c22-21(23,24)12-14-10-13-11-15(26)3-4-16(13)17-5-7-20(8-9-25)6-1-2-18(20)19(14)17/h5,7,11,14,18-19,25H,1-4,6,8-10,12H2/t14-,18-,19+,20?/m0/s1. The van der Waals surface area contributed by atoms with Crippen LogP contribution in [0.15, 0.2) is 34.9 Å². The van der Waals surface area contributed by atoms with Crippen LogP contribution < -0.4 is 0 Å². The third-order valence-corrected chi connectivity index (χ3v) is 7.04. The zero-order chi connectivity index (χ0) is 18.5. The van der Waals surface area contributed by atoms with E-state index in [0.29, 0.717) is 25.7 Å². The molecule has 1 fully saturated rings. The molecule has 0 radical (unpaired) electrons. The van der Waals surface area contributed by atoms with E-state index in [2.05, 4.69) is 6.08 Å². The first-order valence-corrected chi connectivity index (χ1v) is 9.67. The van der Waals surface area contributed by atoms with Crippen molar-refractivity contribution in [1.82, 2.24) is 0 Å². The Kier molecular flexibility index (Phi) is 4.41. The molecular weight excluding hydrogens is 341 g/mol. The summed E-state index contributed by atoms with van der Waals surface area (Å²) in [5, 5.41) is 9.55. The Morgan fingerprint density at radius 1 is 1.27 bits per heavy atom. The lowest BCUT2D eigenvalue weighted by molar-refractivity contribution is -0.150. The molecule has 5 heteroatoms. The lowest BCUT2D eigenvalue weighted by Crippen LogP contribution is -2.41. The van der Waals surface area contributed by atoms with Crippen molar-refractivity contribution in [2.75, 3.05) is 6.61 Å². The maximum absolute atomic E-state index is 13.3. The number of hydrogen-bond acceptors (Lipinski definition) is 2. The highest BCUT2D eigenvalue weighted by molar-refractivity contribution is 5.93. The number of carbonyl (C=O) groups is 1. The second kappa shape index (κ2) is 6.36. The molecule has 0 aliphatic heterocycles. The third-order valence-electron chi connectivity index (χ3n) is 7.04. The van der Waals surface area contributed by atoms with Crippen LogP contribution in [0.1, 0.15) is 51.4 Å². The van der Waals surface area contributed by atoms with Crippen molar-refractivity contribution < 1.29 is 23.1 Å². The van der Waals surface area contributed by atoms with E-state index in [0.717, 1.165) is 36.0 Å². The maximum atomic E-state index is 13.3. The molecule has 0 aromatic heterocycles. The van der Waals surface area contributed by atoms with Crippen molar-refractivity contribution in [3.63, 3.8) is 0 Å². The van der Waals surface area contributed by atoms with Gasteiger partial charge in [0.05, 0.1) is 0 Å². The molecule has 4 aliphatic rings. The molecule has 0 aromatic carbocycles. The lowest BCUT2D eigenvalue weighted by atomic mass is 9.56. The number of rotatable bonds is 3. The Labute approximate surface area is 151 Å². The number of carbonyl (C=O) groups excluding carboxylic acids is 1. The summed E-state index contributed by atoms with van der Waals surface area (Å²) in [6.07, 6.45) is 5.79. The Morgan fingerprint density at radius 3 is 2.81 bits per heavy atom. The molecule has 2 nitrogen and oxygen atoms in total. The molecule has 26 heavy (non-hydrogen) atoms. The van der Waals surface area contributed by atoms with Gasteiger partial charge in [-0.05, 0) is 78.1 Å². The zero-order valence-corrected chi connectivity index (χ0v) is 14.8. The van der Waals surface area contributed by atoms with Crippen LogP contribution >= 0.6 is 0 Å². The van der Waals surface area contributed by atoms with Crippen LogP contribution in [0.2, 0.25) is 0 Å². The van der Waals surface area contributed by atoms with Gasteiger partial charge in [-0.2, -0.15) is 13.2 Å². The summed E-state index contributed by atoms with van der Waals surface area (Å²) in [7, 11) is 0. The Morgan fingerprint density at radius 2 is 2.08 bits per heavy atom. The Balaban J connectivity index is 1.81. The van der Waals surface area contributed by atoms with Gasteiger partial charge in [-0.1, -0.05) is 18.6 Å². The Hall–Kier alpha value is -1.36. The van der Waals surface area contributed by atoms with Gasteiger partial charge in [0.2, 0.25) is 0 Å². The molecule has 4 atom stereocenters. The number of allylic oxidation sites excluding steroid dienone is 6. The van der Waals surface area contributed by atoms with Crippen LogP contribution in [-0.4, -0.2) is 23.7 Å². The second-order valence-electron chi connectivity index (χ2n) is 8.42. The topological polar surface area (TPSA) is 37.3 Å². The van der Waals surface area contributed by atoms with Gasteiger partial charge in [0, 0.05) is 19.4 Å². The number of aliphatic hydroxyl groups excluding tert-OH is 1. The van der Waals surface area contributed by atoms with E-state index >= 15 is 0 Å². The van der Waals surface area contributed by atoms with Gasteiger partial charge >= 0.3 is 6.18 Å². The van der Waals surface area contributed by atoms with Crippen LogP contribution in [0, 0.1) is 23.2 Å². The van der Waals surface area contributed by atoms with E-state index in [-0.39, 0.29) is 29.6 Å². The first-order valence-electron chi connectivity index (χ1n) is 9.67. The second-order valence-corrected chi connectivity index (χ2v) is 8.42. The molecule has 0 heterocycles. The highest BCUT2D eigenvalue weighted by Gasteiger charge is 2.53. The highest BCUT2D eigenvalue weighted by atomic mass is 19.4. The smallest absolute Gasteiger partial charge is 0.389 e. The third kappa shape index (κ3) is 2.98. The molecule has 0 spiro atoms. The fourth-order valence-corrected chi connectivity index (χ4v) is 6.12. The van der Waals surface area contributed by atoms with Crippen LogP contribution in [0.4, 0.5) is 13.2 Å². The van der Waals surface area contributed by atoms with Crippen molar-refractivity contribution in [3.05, 3.63) is 34.9 Å². The van der Waals surface area contributed by atoms with Gasteiger partial charge in [0.25, 0.3) is 0 Å². The number of hydrogen-bond donors (Lipinski definition) is 1. The van der Waals surface area contributed by atoms with Crippen LogP contribution in [0.25, 0.3) is 0 Å². The summed E-state index contributed by atoms with van der Waals surface area (Å²) >= 11 is 0. The van der Waals surface area contributed by atoms with Crippen molar-refractivity contribution in [3.8, 4) is 0 Å². The fourth-order valence-electron chi connectivity index (χ4n) is 6.12. The summed E-state index contributed by atoms with van der Waals surface area (Å²) in [5.41, 5.74) is 2.84. The molecule has 142 valence electrons. The summed E-state index contributed by atoms with van der Waals surface area (Å²) in [6.45, 7) is 0.0725. The average Bonchev–Trinajstić information content (AvgIpc) is 2.96. The monoisotopic (exact) mass is 366 g/mol. The predicted octanol–water partition coefficient (Wildman–Crippen LogP) is 4.90. The average molecular weight is 366 g/mol. The van der Waals surface area contributed by atoms with Crippen LogP contribution in [0.5, 0.6) is 0 Å². The Bertz CT molecular complexity index is 701. The lowest BCUT2D eigenvalue weighted by Gasteiger charge is -2.49. The number of halogens is 3. The van der Waals surface area contributed by atoms with E-state index in [1.165, 1.54) is 0 Å². The zero-order valence-electron chi connectivity index (χ0n) is 14.8. The van der Waals surface area contributed by atoms with E-state index in [4.69, 9.17) is 0 Å². The van der Waals surface area contributed by atoms with Crippen LogP contribution in [-0.2, 0) is 4.79 Å². The molecule has 1 N–H and O–H groups in total. The van der Waals surface area contributed by atoms with Crippen molar-refractivity contribution in [1.29, 1.82) is 0 Å². The normalized spacial score (nSPS) is 36.5. The largest absolute Gasteiger partial charge is 0.396 e. The molecule has 0 saturated heterocycles. The first kappa shape index (κ1) is 18.0. The van der Waals surface area contributed by atoms with Crippen molar-refractivity contribution in [2.24, 2.45) is 23.2 Å². The summed E-state index contributed by atoms with van der Waals surface area (Å²) in [5.74, 6) is -0.398. The van der Waals surface area contributed by atoms with Gasteiger partial charge in [0.15, 0.2) is 5.78 Å². The fraction of sp³-hybridized carbons (Fsp3) is 0.667.